The van der Waals surface area contributed by atoms with Crippen LogP contribution in [0.1, 0.15) is 81.9 Å². The second kappa shape index (κ2) is 15.8. The lowest BCUT2D eigenvalue weighted by molar-refractivity contribution is -0.158. The number of hydrogen-bond acceptors (Lipinski definition) is 7. The number of morpholine rings is 1. The number of esters is 1. The highest BCUT2D eigenvalue weighted by Crippen LogP contribution is 2.38. The predicted octanol–water partition coefficient (Wildman–Crippen LogP) is 5.45. The molecule has 1 N–H and O–H groups in total. The second-order valence-electron chi connectivity index (χ2n) is 14.3. The van der Waals surface area contributed by atoms with Gasteiger partial charge in [0.2, 0.25) is 6.43 Å². The van der Waals surface area contributed by atoms with Gasteiger partial charge in [0.15, 0.2) is 12.4 Å². The van der Waals surface area contributed by atoms with Gasteiger partial charge in [-0.2, -0.15) is 0 Å². The molecule has 1 saturated heterocycles. The molecule has 1 heterocycles. The summed E-state index contributed by atoms with van der Waals surface area (Å²) >= 11 is 0. The Morgan fingerprint density at radius 2 is 1.38 bits per heavy atom. The molecule has 1 fully saturated rings. The third kappa shape index (κ3) is 10.8. The molecule has 0 aromatic heterocycles. The van der Waals surface area contributed by atoms with Crippen molar-refractivity contribution in [2.75, 3.05) is 32.9 Å². The zero-order chi connectivity index (χ0) is 35.0. The smallest absolute Gasteiger partial charge is 0.311 e. The van der Waals surface area contributed by atoms with Gasteiger partial charge in [0.25, 0.3) is 5.91 Å². The Balaban J connectivity index is 1.77. The van der Waals surface area contributed by atoms with E-state index >= 15 is 0 Å². The first-order valence-electron chi connectivity index (χ1n) is 15.7. The zero-order valence-electron chi connectivity index (χ0n) is 28.4. The van der Waals surface area contributed by atoms with E-state index in [1.807, 2.05) is 24.3 Å². The molecule has 10 heteroatoms. The van der Waals surface area contributed by atoms with Gasteiger partial charge in [0, 0.05) is 48.2 Å². The maximum atomic E-state index is 14.7. The van der Waals surface area contributed by atoms with Crippen molar-refractivity contribution < 1.29 is 37.4 Å². The maximum Gasteiger partial charge on any atom is 0.311 e. The van der Waals surface area contributed by atoms with Gasteiger partial charge in [-0.25, -0.2) is 8.78 Å². The van der Waals surface area contributed by atoms with Crippen LogP contribution in [0.25, 0.3) is 0 Å². The standard InChI is InChI=1S/C37H46F2N2O6/c1-35(2,3)30(43)22-37(7,33(38)39)31(29(42)24-47-34(45)36(4,5)6)40-32(44)28-16-14-26(15-17-28)9-8-25-10-12-27(13-11-25)23-41-18-20-46-21-19-41/h10-17,31,33H,18-24H2,1-7H3,(H,40,44)/t31-,37+/m1/s1. The molecule has 1 amide bonds. The molecule has 0 radical (unpaired) electrons. The number of benzene rings is 2. The Morgan fingerprint density at radius 3 is 1.87 bits per heavy atom. The molecular formula is C37H46F2N2O6. The minimum absolute atomic E-state index is 0.103. The van der Waals surface area contributed by atoms with Crippen molar-refractivity contribution in [1.82, 2.24) is 10.2 Å². The largest absolute Gasteiger partial charge is 0.457 e. The van der Waals surface area contributed by atoms with Gasteiger partial charge in [-0.1, -0.05) is 51.7 Å². The predicted molar refractivity (Wildman–Crippen MR) is 175 cm³/mol. The lowest BCUT2D eigenvalue weighted by Gasteiger charge is -2.37. The highest BCUT2D eigenvalue weighted by molar-refractivity contribution is 5.99. The number of carbonyl (C=O) groups is 4. The molecule has 0 unspecified atom stereocenters. The first kappa shape index (κ1) is 37.5. The molecule has 2 atom stereocenters. The number of hydrogen-bond donors (Lipinski definition) is 1. The molecule has 2 aromatic rings. The van der Waals surface area contributed by atoms with E-state index in [0.29, 0.717) is 5.56 Å². The number of nitrogens with one attached hydrogen (secondary N) is 1. The van der Waals surface area contributed by atoms with E-state index in [9.17, 15) is 28.0 Å². The summed E-state index contributed by atoms with van der Waals surface area (Å²) < 4.78 is 39.9. The van der Waals surface area contributed by atoms with Crippen LogP contribution in [-0.2, 0) is 30.4 Å². The number of nitrogens with zero attached hydrogens (tertiary/aromatic N) is 1. The van der Waals surface area contributed by atoms with E-state index in [1.54, 1.807) is 53.7 Å². The van der Waals surface area contributed by atoms with Crippen LogP contribution in [0.3, 0.4) is 0 Å². The van der Waals surface area contributed by atoms with Crippen LogP contribution >= 0.6 is 0 Å². The normalized spacial score (nSPS) is 16.0. The summed E-state index contributed by atoms with van der Waals surface area (Å²) in [7, 11) is 0. The van der Waals surface area contributed by atoms with E-state index in [-0.39, 0.29) is 5.56 Å². The van der Waals surface area contributed by atoms with Gasteiger partial charge in [0.05, 0.1) is 24.0 Å². The van der Waals surface area contributed by atoms with E-state index in [4.69, 9.17) is 9.47 Å². The molecule has 2 aromatic carbocycles. The lowest BCUT2D eigenvalue weighted by atomic mass is 9.72. The van der Waals surface area contributed by atoms with Crippen LogP contribution in [0.5, 0.6) is 0 Å². The van der Waals surface area contributed by atoms with Gasteiger partial charge < -0.3 is 14.8 Å². The van der Waals surface area contributed by atoms with Crippen molar-refractivity contribution in [2.24, 2.45) is 16.2 Å². The van der Waals surface area contributed by atoms with Crippen LogP contribution in [0, 0.1) is 28.1 Å². The summed E-state index contributed by atoms with van der Waals surface area (Å²) in [5, 5.41) is 2.43. The number of ketones is 2. The van der Waals surface area contributed by atoms with E-state index in [2.05, 4.69) is 22.1 Å². The van der Waals surface area contributed by atoms with E-state index in [1.165, 1.54) is 17.7 Å². The lowest BCUT2D eigenvalue weighted by Crippen LogP contribution is -2.57. The topological polar surface area (TPSA) is 102 Å². The van der Waals surface area contributed by atoms with E-state index in [0.717, 1.165) is 45.3 Å². The number of carbonyl (C=O) groups excluding carboxylic acids is 4. The Bertz CT molecular complexity index is 1470. The number of amides is 1. The number of halogens is 2. The van der Waals surface area contributed by atoms with Crippen LogP contribution in [0.4, 0.5) is 8.78 Å². The monoisotopic (exact) mass is 652 g/mol. The Kier molecular flexibility index (Phi) is 12.6. The molecule has 3 rings (SSSR count). The molecule has 1 aliphatic rings. The maximum absolute atomic E-state index is 14.7. The van der Waals surface area contributed by atoms with Gasteiger partial charge >= 0.3 is 5.97 Å². The van der Waals surface area contributed by atoms with Gasteiger partial charge in [-0.15, -0.1) is 0 Å². The average molecular weight is 653 g/mol. The SMILES string of the molecule is CC(C)(C)C(=O)C[C@](C)(C(F)F)[C@H](NC(=O)c1ccc(C#Cc2ccc(CN3CCOCC3)cc2)cc1)C(=O)COC(=O)C(C)(C)C. The fourth-order valence-corrected chi connectivity index (χ4v) is 4.74. The van der Waals surface area contributed by atoms with Crippen molar-refractivity contribution in [3.8, 4) is 11.8 Å². The number of ether oxygens (including phenoxy) is 2. The fraction of sp³-hybridized carbons (Fsp3) is 0.514. The Morgan fingerprint density at radius 1 is 0.851 bits per heavy atom. The third-order valence-electron chi connectivity index (χ3n) is 8.05. The highest BCUT2D eigenvalue weighted by Gasteiger charge is 2.50. The Labute approximate surface area is 276 Å². The summed E-state index contributed by atoms with van der Waals surface area (Å²) in [6, 6.07) is 12.3. The molecule has 0 saturated carbocycles. The van der Waals surface area contributed by atoms with Crippen LogP contribution in [0.15, 0.2) is 48.5 Å². The molecule has 0 bridgehead atoms. The molecule has 47 heavy (non-hydrogen) atoms. The number of alkyl halides is 2. The fourth-order valence-electron chi connectivity index (χ4n) is 4.74. The average Bonchev–Trinajstić information content (AvgIpc) is 3.01. The van der Waals surface area contributed by atoms with Gasteiger partial charge in [-0.3, -0.25) is 24.1 Å². The quantitative estimate of drug-likeness (QED) is 0.255. The van der Waals surface area contributed by atoms with Crippen molar-refractivity contribution in [1.29, 1.82) is 0 Å². The summed E-state index contributed by atoms with van der Waals surface area (Å²) in [5.41, 5.74) is -1.45. The molecule has 1 aliphatic heterocycles. The van der Waals surface area contributed by atoms with Crippen molar-refractivity contribution in [3.63, 3.8) is 0 Å². The molecular weight excluding hydrogens is 606 g/mol. The summed E-state index contributed by atoms with van der Waals surface area (Å²) in [4.78, 5) is 54.2. The van der Waals surface area contributed by atoms with Crippen LogP contribution in [-0.4, -0.2) is 73.7 Å². The molecule has 0 aliphatic carbocycles. The summed E-state index contributed by atoms with van der Waals surface area (Å²) in [6.07, 6.45) is -3.84. The minimum Gasteiger partial charge on any atom is -0.457 e. The van der Waals surface area contributed by atoms with Crippen molar-refractivity contribution in [3.05, 3.63) is 70.8 Å². The first-order chi connectivity index (χ1) is 21.9. The van der Waals surface area contributed by atoms with Crippen molar-refractivity contribution >= 4 is 23.4 Å². The molecule has 254 valence electrons. The minimum atomic E-state index is -3.16. The van der Waals surface area contributed by atoms with Crippen LogP contribution in [0.2, 0.25) is 0 Å². The second-order valence-corrected chi connectivity index (χ2v) is 14.3. The number of rotatable bonds is 11. The third-order valence-corrected chi connectivity index (χ3v) is 8.05. The number of Topliss-reactive ketones (excluding diaryl/α,β-unsaturated/α-hetero) is 2. The summed E-state index contributed by atoms with van der Waals surface area (Å²) in [5.74, 6) is 3.20. The molecule has 8 nitrogen and oxygen atoms in total. The zero-order valence-corrected chi connectivity index (χ0v) is 28.4. The molecule has 0 spiro atoms. The van der Waals surface area contributed by atoms with Gasteiger partial charge in [-0.05, 0) is 62.7 Å². The highest BCUT2D eigenvalue weighted by atomic mass is 19.3. The summed E-state index contributed by atoms with van der Waals surface area (Å²) in [6.45, 7) is 13.9. The first-order valence-corrected chi connectivity index (χ1v) is 15.7. The van der Waals surface area contributed by atoms with E-state index < -0.39 is 65.2 Å². The van der Waals surface area contributed by atoms with Crippen molar-refractivity contribution in [2.45, 2.75) is 73.9 Å². The Hall–Kier alpha value is -3.94. The van der Waals surface area contributed by atoms with Crippen LogP contribution < -0.4 is 5.32 Å². The van der Waals surface area contributed by atoms with Gasteiger partial charge in [0.1, 0.15) is 11.8 Å².